The summed E-state index contributed by atoms with van der Waals surface area (Å²) in [5.41, 5.74) is 1.39. The Morgan fingerprint density at radius 3 is 2.50 bits per heavy atom. The highest BCUT2D eigenvalue weighted by Gasteiger charge is 2.32. The van der Waals surface area contributed by atoms with Crippen LogP contribution in [0.1, 0.15) is 25.5 Å². The van der Waals surface area contributed by atoms with E-state index >= 15 is 0 Å². The number of carboxylic acid groups (broad SMARTS) is 1. The second-order valence-electron chi connectivity index (χ2n) is 5.04. The molecule has 0 aliphatic carbocycles. The van der Waals surface area contributed by atoms with E-state index in [4.69, 9.17) is 14.6 Å². The molecule has 0 radical (unpaired) electrons. The molecule has 1 aliphatic rings. The SMILES string of the molecule is CCOC(=O)C1=C(C)NC(=O)N[C@H]1c1ccc(OCC(=O)O)cc1. The predicted molar refractivity (Wildman–Crippen MR) is 83.3 cm³/mol. The van der Waals surface area contributed by atoms with E-state index in [9.17, 15) is 14.4 Å². The molecule has 1 aliphatic heterocycles. The van der Waals surface area contributed by atoms with Crippen molar-refractivity contribution in [3.63, 3.8) is 0 Å². The minimum Gasteiger partial charge on any atom is -0.482 e. The summed E-state index contributed by atoms with van der Waals surface area (Å²) in [6, 6.07) is 5.37. The van der Waals surface area contributed by atoms with E-state index in [0.717, 1.165) is 0 Å². The molecule has 0 fully saturated rings. The molecule has 0 spiro atoms. The van der Waals surface area contributed by atoms with Crippen molar-refractivity contribution < 1.29 is 29.0 Å². The van der Waals surface area contributed by atoms with Gasteiger partial charge in [-0.25, -0.2) is 14.4 Å². The number of carbonyl (C=O) groups is 3. The monoisotopic (exact) mass is 334 g/mol. The predicted octanol–water partition coefficient (Wildman–Crippen LogP) is 1.34. The fraction of sp³-hybridized carbons (Fsp3) is 0.312. The van der Waals surface area contributed by atoms with E-state index in [1.807, 2.05) is 0 Å². The van der Waals surface area contributed by atoms with Gasteiger partial charge in [0.2, 0.25) is 0 Å². The van der Waals surface area contributed by atoms with Gasteiger partial charge >= 0.3 is 18.0 Å². The number of esters is 1. The van der Waals surface area contributed by atoms with Crippen molar-refractivity contribution in [1.29, 1.82) is 0 Å². The van der Waals surface area contributed by atoms with Crippen molar-refractivity contribution in [2.45, 2.75) is 19.9 Å². The summed E-state index contributed by atoms with van der Waals surface area (Å²) in [5.74, 6) is -1.22. The smallest absolute Gasteiger partial charge is 0.341 e. The van der Waals surface area contributed by atoms with E-state index in [0.29, 0.717) is 22.6 Å². The average molecular weight is 334 g/mol. The maximum atomic E-state index is 12.2. The van der Waals surface area contributed by atoms with Crippen LogP contribution >= 0.6 is 0 Å². The topological polar surface area (TPSA) is 114 Å². The molecular weight excluding hydrogens is 316 g/mol. The van der Waals surface area contributed by atoms with Gasteiger partial charge in [-0.2, -0.15) is 0 Å². The molecule has 128 valence electrons. The summed E-state index contributed by atoms with van der Waals surface area (Å²) in [6.07, 6.45) is 0. The highest BCUT2D eigenvalue weighted by atomic mass is 16.5. The number of ether oxygens (including phenoxy) is 2. The van der Waals surface area contributed by atoms with E-state index in [1.54, 1.807) is 38.1 Å². The highest BCUT2D eigenvalue weighted by Crippen LogP contribution is 2.28. The Balaban J connectivity index is 2.26. The van der Waals surface area contributed by atoms with Gasteiger partial charge in [0.1, 0.15) is 5.75 Å². The van der Waals surface area contributed by atoms with Crippen molar-refractivity contribution in [3.8, 4) is 5.75 Å². The number of allylic oxidation sites excluding steroid dienone is 1. The zero-order valence-corrected chi connectivity index (χ0v) is 13.3. The normalized spacial score (nSPS) is 16.9. The summed E-state index contributed by atoms with van der Waals surface area (Å²) in [4.78, 5) is 34.4. The second kappa shape index (κ2) is 7.49. The van der Waals surface area contributed by atoms with Crippen LogP contribution in [-0.4, -0.2) is 36.3 Å². The third-order valence-electron chi connectivity index (χ3n) is 3.34. The number of hydrogen-bond donors (Lipinski definition) is 3. The highest BCUT2D eigenvalue weighted by molar-refractivity contribution is 5.95. The molecule has 0 aromatic heterocycles. The lowest BCUT2D eigenvalue weighted by molar-refractivity contribution is -0.140. The van der Waals surface area contributed by atoms with Gasteiger partial charge in [-0.15, -0.1) is 0 Å². The first-order valence-corrected chi connectivity index (χ1v) is 7.32. The van der Waals surface area contributed by atoms with Gasteiger partial charge in [0.25, 0.3) is 0 Å². The van der Waals surface area contributed by atoms with Gasteiger partial charge in [-0.05, 0) is 31.5 Å². The molecule has 2 amide bonds. The largest absolute Gasteiger partial charge is 0.482 e. The molecule has 1 aromatic carbocycles. The lowest BCUT2D eigenvalue weighted by Crippen LogP contribution is -2.45. The van der Waals surface area contributed by atoms with Crippen LogP contribution in [0.5, 0.6) is 5.75 Å². The molecule has 0 bridgehead atoms. The molecule has 1 heterocycles. The van der Waals surface area contributed by atoms with Gasteiger partial charge in [0.15, 0.2) is 6.61 Å². The van der Waals surface area contributed by atoms with Gasteiger partial charge in [0.05, 0.1) is 18.2 Å². The van der Waals surface area contributed by atoms with E-state index < -0.39 is 30.6 Å². The van der Waals surface area contributed by atoms with Crippen molar-refractivity contribution in [1.82, 2.24) is 10.6 Å². The zero-order valence-electron chi connectivity index (χ0n) is 13.3. The van der Waals surface area contributed by atoms with Crippen molar-refractivity contribution >= 4 is 18.0 Å². The van der Waals surface area contributed by atoms with Crippen molar-refractivity contribution in [2.24, 2.45) is 0 Å². The molecule has 24 heavy (non-hydrogen) atoms. The number of rotatable bonds is 6. The Morgan fingerprint density at radius 2 is 1.92 bits per heavy atom. The molecular formula is C16H18N2O6. The maximum Gasteiger partial charge on any atom is 0.341 e. The van der Waals surface area contributed by atoms with Crippen LogP contribution < -0.4 is 15.4 Å². The standard InChI is InChI=1S/C16H18N2O6/c1-3-23-15(21)13-9(2)17-16(22)18-14(13)10-4-6-11(7-5-10)24-8-12(19)20/h4-7,14H,3,8H2,1-2H3,(H,19,20)(H2,17,18,22)/t14-/m0/s1. The number of benzene rings is 1. The van der Waals surface area contributed by atoms with Gasteiger partial charge in [-0.3, -0.25) is 0 Å². The molecule has 0 unspecified atom stereocenters. The van der Waals surface area contributed by atoms with Gasteiger partial charge in [0, 0.05) is 5.70 Å². The fourth-order valence-corrected chi connectivity index (χ4v) is 2.32. The molecule has 1 aromatic rings. The first-order chi connectivity index (χ1) is 11.4. The Bertz CT molecular complexity index is 680. The number of carbonyl (C=O) groups excluding carboxylic acids is 2. The molecule has 1 atom stereocenters. The number of urea groups is 1. The summed E-state index contributed by atoms with van der Waals surface area (Å²) < 4.78 is 10.1. The van der Waals surface area contributed by atoms with Crippen LogP contribution in [0.2, 0.25) is 0 Å². The lowest BCUT2D eigenvalue weighted by atomic mass is 9.95. The molecule has 8 heteroatoms. The molecule has 0 saturated carbocycles. The van der Waals surface area contributed by atoms with Gasteiger partial charge in [-0.1, -0.05) is 12.1 Å². The lowest BCUT2D eigenvalue weighted by Gasteiger charge is -2.28. The van der Waals surface area contributed by atoms with Crippen LogP contribution in [0.15, 0.2) is 35.5 Å². The maximum absolute atomic E-state index is 12.2. The van der Waals surface area contributed by atoms with Crippen LogP contribution in [0.25, 0.3) is 0 Å². The first-order valence-electron chi connectivity index (χ1n) is 7.32. The minimum atomic E-state index is -1.08. The van der Waals surface area contributed by atoms with Gasteiger partial charge < -0.3 is 25.2 Å². The first kappa shape index (κ1) is 17.3. The Labute approximate surface area is 138 Å². The number of nitrogens with one attached hydrogen (secondary N) is 2. The quantitative estimate of drug-likeness (QED) is 0.677. The molecule has 0 saturated heterocycles. The molecule has 8 nitrogen and oxygen atoms in total. The van der Waals surface area contributed by atoms with E-state index in [-0.39, 0.29) is 6.61 Å². The van der Waals surface area contributed by atoms with Crippen LogP contribution in [0.3, 0.4) is 0 Å². The Morgan fingerprint density at radius 1 is 1.25 bits per heavy atom. The summed E-state index contributed by atoms with van der Waals surface area (Å²) in [5, 5.41) is 13.8. The zero-order chi connectivity index (χ0) is 17.7. The van der Waals surface area contributed by atoms with Crippen LogP contribution in [0.4, 0.5) is 4.79 Å². The second-order valence-corrected chi connectivity index (χ2v) is 5.04. The Hall–Kier alpha value is -3.03. The number of carboxylic acids is 1. The molecule has 2 rings (SSSR count). The summed E-state index contributed by atoms with van der Waals surface area (Å²) in [6.45, 7) is 3.10. The Kier molecular flexibility index (Phi) is 5.41. The molecule has 3 N–H and O–H groups in total. The van der Waals surface area contributed by atoms with Crippen LogP contribution in [0, 0.1) is 0 Å². The summed E-state index contributed by atoms with van der Waals surface area (Å²) >= 11 is 0. The van der Waals surface area contributed by atoms with Crippen LogP contribution in [-0.2, 0) is 14.3 Å². The fourth-order valence-electron chi connectivity index (χ4n) is 2.32. The van der Waals surface area contributed by atoms with E-state index in [1.165, 1.54) is 0 Å². The average Bonchev–Trinajstić information content (AvgIpc) is 2.52. The van der Waals surface area contributed by atoms with Crippen molar-refractivity contribution in [3.05, 3.63) is 41.1 Å². The third-order valence-corrected chi connectivity index (χ3v) is 3.34. The number of aliphatic carboxylic acids is 1. The summed E-state index contributed by atoms with van der Waals surface area (Å²) in [7, 11) is 0. The number of hydrogen-bond acceptors (Lipinski definition) is 5. The van der Waals surface area contributed by atoms with E-state index in [2.05, 4.69) is 10.6 Å². The third kappa shape index (κ3) is 4.03. The number of amides is 2. The minimum absolute atomic E-state index is 0.220. The van der Waals surface area contributed by atoms with Crippen molar-refractivity contribution in [2.75, 3.05) is 13.2 Å².